The normalized spacial score (nSPS) is 11.1. The van der Waals surface area contributed by atoms with Gasteiger partial charge in [-0.05, 0) is 12.1 Å². The van der Waals surface area contributed by atoms with Crippen LogP contribution in [0.3, 0.4) is 0 Å². The van der Waals surface area contributed by atoms with Crippen LogP contribution in [-0.2, 0) is 6.18 Å². The van der Waals surface area contributed by atoms with Crippen LogP contribution in [0.2, 0.25) is 0 Å². The molecule has 0 atom stereocenters. The van der Waals surface area contributed by atoms with Gasteiger partial charge in [-0.1, -0.05) is 0 Å². The van der Waals surface area contributed by atoms with Gasteiger partial charge in [0.05, 0.1) is 30.8 Å². The van der Waals surface area contributed by atoms with Gasteiger partial charge in [-0.25, -0.2) is 4.98 Å². The lowest BCUT2D eigenvalue weighted by molar-refractivity contribution is -0.153. The number of nitrogens with two attached hydrogens (primary N) is 1. The average Bonchev–Trinajstić information content (AvgIpc) is 2.96. The molecule has 0 saturated heterocycles. The molecule has 2 rings (SSSR count). The second-order valence-corrected chi connectivity index (χ2v) is 4.26. The number of furan rings is 1. The van der Waals surface area contributed by atoms with E-state index in [9.17, 15) is 22.8 Å². The highest BCUT2D eigenvalue weighted by Crippen LogP contribution is 2.33. The maximum absolute atomic E-state index is 12.7. The van der Waals surface area contributed by atoms with Crippen LogP contribution >= 0.6 is 0 Å². The number of alkyl halides is 3. The summed E-state index contributed by atoms with van der Waals surface area (Å²) in [7, 11) is 1.26. The average molecular weight is 329 g/mol. The SMILES string of the molecule is COc1ncc(NC(=O)c2ccoc2C(F)(F)F)cc1C(N)=O. The van der Waals surface area contributed by atoms with Gasteiger partial charge in [0.2, 0.25) is 11.6 Å². The molecule has 2 heterocycles. The minimum absolute atomic E-state index is 0.0288. The minimum atomic E-state index is -4.81. The zero-order valence-electron chi connectivity index (χ0n) is 11.6. The van der Waals surface area contributed by atoms with Gasteiger partial charge in [0, 0.05) is 0 Å². The third-order valence-electron chi connectivity index (χ3n) is 2.74. The number of nitrogens with one attached hydrogen (secondary N) is 1. The summed E-state index contributed by atoms with van der Waals surface area (Å²) in [5, 5.41) is 2.18. The third-order valence-corrected chi connectivity index (χ3v) is 2.74. The Bertz CT molecular complexity index is 755. The Morgan fingerprint density at radius 1 is 1.35 bits per heavy atom. The molecule has 7 nitrogen and oxygen atoms in total. The lowest BCUT2D eigenvalue weighted by Crippen LogP contribution is -2.18. The van der Waals surface area contributed by atoms with E-state index in [4.69, 9.17) is 10.5 Å². The van der Waals surface area contributed by atoms with Gasteiger partial charge in [-0.2, -0.15) is 13.2 Å². The number of aromatic nitrogens is 1. The highest BCUT2D eigenvalue weighted by atomic mass is 19.4. The molecule has 2 aromatic rings. The Balaban J connectivity index is 2.30. The molecule has 0 aromatic carbocycles. The van der Waals surface area contributed by atoms with Crippen molar-refractivity contribution in [2.75, 3.05) is 12.4 Å². The third kappa shape index (κ3) is 3.42. The molecule has 0 radical (unpaired) electrons. The molecular weight excluding hydrogens is 319 g/mol. The quantitative estimate of drug-likeness (QED) is 0.892. The second-order valence-electron chi connectivity index (χ2n) is 4.26. The van der Waals surface area contributed by atoms with E-state index in [1.54, 1.807) is 0 Å². The number of rotatable bonds is 4. The molecule has 0 bridgehead atoms. The van der Waals surface area contributed by atoms with Gasteiger partial charge in [0.25, 0.3) is 11.8 Å². The van der Waals surface area contributed by atoms with Crippen molar-refractivity contribution < 1.29 is 31.9 Å². The number of methoxy groups -OCH3 is 1. The van der Waals surface area contributed by atoms with Gasteiger partial charge < -0.3 is 20.2 Å². The van der Waals surface area contributed by atoms with Gasteiger partial charge in [0.15, 0.2) is 0 Å². The van der Waals surface area contributed by atoms with Crippen LogP contribution in [-0.4, -0.2) is 23.9 Å². The summed E-state index contributed by atoms with van der Waals surface area (Å²) in [5.74, 6) is -3.44. The summed E-state index contributed by atoms with van der Waals surface area (Å²) < 4.78 is 47.2. The van der Waals surface area contributed by atoms with E-state index < -0.39 is 29.3 Å². The van der Waals surface area contributed by atoms with E-state index in [1.165, 1.54) is 7.11 Å². The highest BCUT2D eigenvalue weighted by molar-refractivity contribution is 6.05. The molecular formula is C13H10F3N3O4. The van der Waals surface area contributed by atoms with Crippen molar-refractivity contribution in [3.8, 4) is 5.88 Å². The van der Waals surface area contributed by atoms with Crippen molar-refractivity contribution in [2.24, 2.45) is 5.73 Å². The molecule has 122 valence electrons. The van der Waals surface area contributed by atoms with E-state index in [-0.39, 0.29) is 17.1 Å². The first-order chi connectivity index (χ1) is 10.7. The summed E-state index contributed by atoms with van der Waals surface area (Å²) in [6.07, 6.45) is -2.96. The van der Waals surface area contributed by atoms with E-state index in [2.05, 4.69) is 14.7 Å². The maximum atomic E-state index is 12.7. The first kappa shape index (κ1) is 16.3. The molecule has 0 aliphatic rings. The highest BCUT2D eigenvalue weighted by Gasteiger charge is 2.39. The molecule has 0 saturated carbocycles. The fraction of sp³-hybridized carbons (Fsp3) is 0.154. The number of amides is 2. The molecule has 0 fully saturated rings. The molecule has 0 spiro atoms. The van der Waals surface area contributed by atoms with Crippen LogP contribution in [0, 0.1) is 0 Å². The molecule has 3 N–H and O–H groups in total. The summed E-state index contributed by atoms with van der Waals surface area (Å²) in [5.41, 5.74) is 4.27. The first-order valence-corrected chi connectivity index (χ1v) is 6.04. The second kappa shape index (κ2) is 5.99. The Hall–Kier alpha value is -3.04. The number of pyridine rings is 1. The lowest BCUT2D eigenvalue weighted by atomic mass is 10.2. The van der Waals surface area contributed by atoms with E-state index in [0.29, 0.717) is 0 Å². The lowest BCUT2D eigenvalue weighted by Gasteiger charge is -2.09. The fourth-order valence-electron chi connectivity index (χ4n) is 1.77. The molecule has 23 heavy (non-hydrogen) atoms. The van der Waals surface area contributed by atoms with Crippen molar-refractivity contribution in [1.29, 1.82) is 0 Å². The Morgan fingerprint density at radius 3 is 2.61 bits per heavy atom. The van der Waals surface area contributed by atoms with Gasteiger partial charge >= 0.3 is 6.18 Å². The Labute approximate surface area is 127 Å². The zero-order valence-corrected chi connectivity index (χ0v) is 11.6. The monoisotopic (exact) mass is 329 g/mol. The number of halogens is 3. The van der Waals surface area contributed by atoms with Crippen molar-refractivity contribution in [3.63, 3.8) is 0 Å². The zero-order chi connectivity index (χ0) is 17.2. The maximum Gasteiger partial charge on any atom is 0.450 e. The van der Waals surface area contributed by atoms with E-state index in [0.717, 1.165) is 24.6 Å². The molecule has 0 aliphatic carbocycles. The minimum Gasteiger partial charge on any atom is -0.480 e. The van der Waals surface area contributed by atoms with E-state index >= 15 is 0 Å². The van der Waals surface area contributed by atoms with Crippen LogP contribution in [0.5, 0.6) is 5.88 Å². The van der Waals surface area contributed by atoms with Crippen LogP contribution < -0.4 is 15.8 Å². The van der Waals surface area contributed by atoms with Crippen molar-refractivity contribution >= 4 is 17.5 Å². The summed E-state index contributed by atoms with van der Waals surface area (Å²) >= 11 is 0. The molecule has 0 unspecified atom stereocenters. The Morgan fingerprint density at radius 2 is 2.04 bits per heavy atom. The van der Waals surface area contributed by atoms with Crippen LogP contribution in [0.25, 0.3) is 0 Å². The standard InChI is InChI=1S/C13H10F3N3O4/c1-22-12-8(10(17)20)4-6(5-18-12)19-11(21)7-2-3-23-9(7)13(14,15)16/h2-5H,1H3,(H2,17,20)(H,19,21). The van der Waals surface area contributed by atoms with Crippen LogP contribution in [0.4, 0.5) is 18.9 Å². The van der Waals surface area contributed by atoms with Crippen molar-refractivity contribution in [1.82, 2.24) is 4.98 Å². The smallest absolute Gasteiger partial charge is 0.450 e. The summed E-state index contributed by atoms with van der Waals surface area (Å²) in [4.78, 5) is 26.9. The summed E-state index contributed by atoms with van der Waals surface area (Å²) in [6.45, 7) is 0. The molecule has 0 aliphatic heterocycles. The predicted octanol–water partition coefficient (Wildman–Crippen LogP) is 2.05. The number of carbonyl (C=O) groups excluding carboxylic acids is 2. The Kier molecular flexibility index (Phi) is 4.25. The predicted molar refractivity (Wildman–Crippen MR) is 71.0 cm³/mol. The molecule has 10 heteroatoms. The molecule has 2 aromatic heterocycles. The number of anilines is 1. The van der Waals surface area contributed by atoms with Crippen LogP contribution in [0.15, 0.2) is 29.0 Å². The van der Waals surface area contributed by atoms with E-state index in [1.807, 2.05) is 0 Å². The van der Waals surface area contributed by atoms with Crippen molar-refractivity contribution in [3.05, 3.63) is 41.5 Å². The molecule has 2 amide bonds. The number of hydrogen-bond acceptors (Lipinski definition) is 5. The largest absolute Gasteiger partial charge is 0.480 e. The first-order valence-electron chi connectivity index (χ1n) is 6.04. The fourth-order valence-corrected chi connectivity index (χ4v) is 1.77. The van der Waals surface area contributed by atoms with Crippen molar-refractivity contribution in [2.45, 2.75) is 6.18 Å². The van der Waals surface area contributed by atoms with Gasteiger partial charge in [0.1, 0.15) is 5.56 Å². The topological polar surface area (TPSA) is 107 Å². The number of ether oxygens (including phenoxy) is 1. The van der Waals surface area contributed by atoms with Gasteiger partial charge in [-0.3, -0.25) is 9.59 Å². The van der Waals surface area contributed by atoms with Crippen LogP contribution in [0.1, 0.15) is 26.5 Å². The number of nitrogens with zero attached hydrogens (tertiary/aromatic N) is 1. The van der Waals surface area contributed by atoms with Gasteiger partial charge in [-0.15, -0.1) is 0 Å². The number of primary amides is 1. The summed E-state index contributed by atoms with van der Waals surface area (Å²) in [6, 6.07) is 2.02. The number of hydrogen-bond donors (Lipinski definition) is 2. The number of carbonyl (C=O) groups is 2.